The van der Waals surface area contributed by atoms with E-state index in [1.54, 1.807) is 24.3 Å². The Morgan fingerprint density at radius 1 is 1.08 bits per heavy atom. The van der Waals surface area contributed by atoms with Crippen LogP contribution in [0.15, 0.2) is 53.6 Å². The van der Waals surface area contributed by atoms with E-state index in [0.717, 1.165) is 3.97 Å². The van der Waals surface area contributed by atoms with Gasteiger partial charge in [-0.05, 0) is 36.4 Å². The van der Waals surface area contributed by atoms with Gasteiger partial charge < -0.3 is 4.74 Å². The molecule has 24 heavy (non-hydrogen) atoms. The van der Waals surface area contributed by atoms with Gasteiger partial charge in [0.2, 0.25) is 0 Å². The summed E-state index contributed by atoms with van der Waals surface area (Å²) in [5, 5.41) is 0.927. The lowest BCUT2D eigenvalue weighted by Crippen LogP contribution is -2.11. The van der Waals surface area contributed by atoms with E-state index in [-0.39, 0.29) is 14.9 Å². The number of rotatable bonds is 3. The molecular weight excluding hydrogens is 373 g/mol. The predicted octanol–water partition coefficient (Wildman–Crippen LogP) is 4.11. The molecule has 2 aromatic carbocycles. The van der Waals surface area contributed by atoms with Crippen molar-refractivity contribution in [2.75, 3.05) is 0 Å². The number of hydrogen-bond acceptors (Lipinski definition) is 4. The van der Waals surface area contributed by atoms with E-state index in [4.69, 9.17) is 27.9 Å². The molecule has 124 valence electrons. The molecule has 0 radical (unpaired) electrons. The third-order valence-electron chi connectivity index (χ3n) is 3.36. The van der Waals surface area contributed by atoms with Crippen LogP contribution in [0.5, 0.6) is 5.75 Å². The molecule has 0 bridgehead atoms. The molecular formula is C16H11Cl2NO4S. The summed E-state index contributed by atoms with van der Waals surface area (Å²) in [6.07, 6.45) is 1.40. The standard InChI is InChI=1S/C16H11Cl2NO4S/c1-10(20)23-16-4-2-3-15-12(16)7-8-19(15)24(21,22)11-5-6-13(17)14(18)9-11/h2-9H,1H3. The lowest BCUT2D eigenvalue weighted by molar-refractivity contribution is -0.131. The molecule has 0 spiro atoms. The SMILES string of the molecule is CC(=O)Oc1cccc2c1ccn2S(=O)(=O)c1ccc(Cl)c(Cl)c1. The van der Waals surface area contributed by atoms with Gasteiger partial charge in [-0.15, -0.1) is 0 Å². The molecule has 1 aromatic heterocycles. The van der Waals surface area contributed by atoms with Crippen LogP contribution < -0.4 is 4.74 Å². The third-order valence-corrected chi connectivity index (χ3v) is 5.78. The zero-order valence-electron chi connectivity index (χ0n) is 12.4. The van der Waals surface area contributed by atoms with Crippen LogP contribution in [0, 0.1) is 0 Å². The molecule has 5 nitrogen and oxygen atoms in total. The molecule has 3 rings (SSSR count). The van der Waals surface area contributed by atoms with E-state index >= 15 is 0 Å². The lowest BCUT2D eigenvalue weighted by atomic mass is 10.2. The average molecular weight is 384 g/mol. The summed E-state index contributed by atoms with van der Waals surface area (Å²) in [6.45, 7) is 1.28. The Morgan fingerprint density at radius 2 is 1.83 bits per heavy atom. The molecule has 1 heterocycles. The number of nitrogens with zero attached hydrogens (tertiary/aromatic N) is 1. The van der Waals surface area contributed by atoms with Crippen molar-refractivity contribution in [1.29, 1.82) is 0 Å². The highest BCUT2D eigenvalue weighted by molar-refractivity contribution is 7.90. The second kappa shape index (κ2) is 6.12. The first kappa shape index (κ1) is 16.8. The third kappa shape index (κ3) is 2.88. The predicted molar refractivity (Wildman–Crippen MR) is 92.3 cm³/mol. The van der Waals surface area contributed by atoms with Gasteiger partial charge in [0.1, 0.15) is 5.75 Å². The van der Waals surface area contributed by atoms with Gasteiger partial charge in [-0.2, -0.15) is 0 Å². The van der Waals surface area contributed by atoms with Crippen molar-refractivity contribution >= 4 is 50.1 Å². The topological polar surface area (TPSA) is 65.4 Å². The van der Waals surface area contributed by atoms with Crippen LogP contribution in [0.3, 0.4) is 0 Å². The zero-order valence-corrected chi connectivity index (χ0v) is 14.7. The number of ether oxygens (including phenoxy) is 1. The van der Waals surface area contributed by atoms with Crippen LogP contribution in [0.4, 0.5) is 0 Å². The van der Waals surface area contributed by atoms with Gasteiger partial charge in [-0.3, -0.25) is 4.79 Å². The van der Waals surface area contributed by atoms with Gasteiger partial charge in [0.25, 0.3) is 10.0 Å². The minimum atomic E-state index is -3.87. The molecule has 8 heteroatoms. The first-order valence-corrected chi connectivity index (χ1v) is 8.99. The molecule has 0 amide bonds. The quantitative estimate of drug-likeness (QED) is 0.504. The normalized spacial score (nSPS) is 11.6. The van der Waals surface area contributed by atoms with Crippen molar-refractivity contribution in [3.8, 4) is 5.75 Å². The molecule has 0 unspecified atom stereocenters. The first-order chi connectivity index (χ1) is 11.3. The Kier molecular flexibility index (Phi) is 4.29. The minimum Gasteiger partial charge on any atom is -0.426 e. The summed E-state index contributed by atoms with van der Waals surface area (Å²) >= 11 is 11.8. The van der Waals surface area contributed by atoms with E-state index < -0.39 is 16.0 Å². The van der Waals surface area contributed by atoms with Gasteiger partial charge in [0, 0.05) is 18.5 Å². The van der Waals surface area contributed by atoms with Gasteiger partial charge in [0.05, 0.1) is 20.5 Å². The molecule has 0 saturated carbocycles. The molecule has 0 fully saturated rings. The maximum absolute atomic E-state index is 12.9. The highest BCUT2D eigenvalue weighted by atomic mass is 35.5. The number of halogens is 2. The summed E-state index contributed by atoms with van der Waals surface area (Å²) in [6, 6.07) is 10.5. The Hall–Kier alpha value is -2.02. The number of aromatic nitrogens is 1. The van der Waals surface area contributed by atoms with E-state index in [1.807, 2.05) is 0 Å². The second-order valence-electron chi connectivity index (χ2n) is 4.98. The van der Waals surface area contributed by atoms with E-state index in [9.17, 15) is 13.2 Å². The second-order valence-corrected chi connectivity index (χ2v) is 7.60. The first-order valence-electron chi connectivity index (χ1n) is 6.80. The number of fused-ring (bicyclic) bond motifs is 1. The van der Waals surface area contributed by atoms with Crippen LogP contribution in [0.2, 0.25) is 10.0 Å². The summed E-state index contributed by atoms with van der Waals surface area (Å²) < 4.78 is 31.9. The average Bonchev–Trinajstić information content (AvgIpc) is 2.95. The minimum absolute atomic E-state index is 0.00675. The van der Waals surface area contributed by atoms with E-state index in [0.29, 0.717) is 16.7 Å². The monoisotopic (exact) mass is 383 g/mol. The van der Waals surface area contributed by atoms with E-state index in [2.05, 4.69) is 0 Å². The van der Waals surface area contributed by atoms with Crippen LogP contribution in [0.1, 0.15) is 6.92 Å². The lowest BCUT2D eigenvalue weighted by Gasteiger charge is -2.09. The van der Waals surface area contributed by atoms with Crippen molar-refractivity contribution < 1.29 is 17.9 Å². The number of benzene rings is 2. The molecule has 0 saturated heterocycles. The molecule has 0 atom stereocenters. The summed E-state index contributed by atoms with van der Waals surface area (Å²) in [5.74, 6) is -0.189. The van der Waals surface area contributed by atoms with Crippen molar-refractivity contribution in [3.05, 3.63) is 58.7 Å². The van der Waals surface area contributed by atoms with Crippen molar-refractivity contribution in [3.63, 3.8) is 0 Å². The fourth-order valence-electron chi connectivity index (χ4n) is 2.32. The summed E-state index contributed by atoms with van der Waals surface area (Å²) in [7, 11) is -3.87. The highest BCUT2D eigenvalue weighted by Crippen LogP contribution is 2.31. The fourth-order valence-corrected chi connectivity index (χ4v) is 4.05. The van der Waals surface area contributed by atoms with Gasteiger partial charge in [-0.25, -0.2) is 12.4 Å². The Balaban J connectivity index is 2.18. The van der Waals surface area contributed by atoms with Gasteiger partial charge in [0.15, 0.2) is 0 Å². The van der Waals surface area contributed by atoms with Crippen molar-refractivity contribution in [2.45, 2.75) is 11.8 Å². The fraction of sp³-hybridized carbons (Fsp3) is 0.0625. The van der Waals surface area contributed by atoms with Crippen LogP contribution >= 0.6 is 23.2 Å². The number of hydrogen-bond donors (Lipinski definition) is 0. The molecule has 0 aliphatic rings. The Morgan fingerprint density at radius 3 is 2.50 bits per heavy atom. The largest absolute Gasteiger partial charge is 0.426 e. The van der Waals surface area contributed by atoms with Crippen molar-refractivity contribution in [2.24, 2.45) is 0 Å². The summed E-state index contributed by atoms with van der Waals surface area (Å²) in [4.78, 5) is 11.2. The maximum Gasteiger partial charge on any atom is 0.308 e. The Bertz CT molecular complexity index is 1060. The maximum atomic E-state index is 12.9. The Labute approximate surface area is 148 Å². The smallest absolute Gasteiger partial charge is 0.308 e. The number of esters is 1. The van der Waals surface area contributed by atoms with Crippen LogP contribution in [-0.2, 0) is 14.8 Å². The van der Waals surface area contributed by atoms with Gasteiger partial charge >= 0.3 is 5.97 Å². The van der Waals surface area contributed by atoms with Crippen molar-refractivity contribution in [1.82, 2.24) is 3.97 Å². The van der Waals surface area contributed by atoms with Gasteiger partial charge in [-0.1, -0.05) is 29.3 Å². The molecule has 0 aliphatic heterocycles. The van der Waals surface area contributed by atoms with E-state index in [1.165, 1.54) is 31.3 Å². The number of carbonyl (C=O) groups excluding carboxylic acids is 1. The summed E-state index contributed by atoms with van der Waals surface area (Å²) in [5.41, 5.74) is 0.389. The zero-order chi connectivity index (χ0) is 17.5. The molecule has 0 N–H and O–H groups in total. The van der Waals surface area contributed by atoms with Crippen LogP contribution in [-0.4, -0.2) is 18.4 Å². The van der Waals surface area contributed by atoms with Crippen LogP contribution in [0.25, 0.3) is 10.9 Å². The number of carbonyl (C=O) groups is 1. The highest BCUT2D eigenvalue weighted by Gasteiger charge is 2.21. The molecule has 3 aromatic rings. The molecule has 0 aliphatic carbocycles.